The Labute approximate surface area is 142 Å². The second-order valence-corrected chi connectivity index (χ2v) is 5.81. The van der Waals surface area contributed by atoms with Crippen molar-refractivity contribution in [2.45, 2.75) is 18.9 Å². The quantitative estimate of drug-likeness (QED) is 0.758. The van der Waals surface area contributed by atoms with Crippen molar-refractivity contribution in [2.75, 3.05) is 0 Å². The molecular weight excluding hydrogens is 298 g/mol. The Balaban J connectivity index is 1.72. The number of amides is 1. The lowest BCUT2D eigenvalue weighted by Gasteiger charge is -2.18. The molecule has 0 aliphatic heterocycles. The molecule has 0 saturated carbocycles. The predicted octanol–water partition coefficient (Wildman–Crippen LogP) is 3.26. The van der Waals surface area contributed by atoms with Crippen molar-refractivity contribution < 1.29 is 4.79 Å². The van der Waals surface area contributed by atoms with Crippen LogP contribution in [0.4, 0.5) is 0 Å². The third-order valence-corrected chi connectivity index (χ3v) is 4.16. The van der Waals surface area contributed by atoms with Crippen LogP contribution in [0.25, 0.3) is 0 Å². The van der Waals surface area contributed by atoms with E-state index in [0.717, 1.165) is 17.0 Å². The summed E-state index contributed by atoms with van der Waals surface area (Å²) < 4.78 is 1.91. The Morgan fingerprint density at radius 3 is 2.12 bits per heavy atom. The van der Waals surface area contributed by atoms with Crippen LogP contribution in [0.15, 0.2) is 73.1 Å². The highest BCUT2D eigenvalue weighted by Gasteiger charge is 2.18. The molecule has 0 aliphatic rings. The van der Waals surface area contributed by atoms with Gasteiger partial charge in [-0.15, -0.1) is 0 Å². The van der Waals surface area contributed by atoms with Crippen molar-refractivity contribution in [3.63, 3.8) is 0 Å². The van der Waals surface area contributed by atoms with Gasteiger partial charge in [0.25, 0.3) is 0 Å². The normalized spacial score (nSPS) is 10.8. The number of aryl methyl sites for hydroxylation is 1. The summed E-state index contributed by atoms with van der Waals surface area (Å²) in [6, 6.07) is 20.3. The third kappa shape index (κ3) is 3.90. The van der Waals surface area contributed by atoms with Gasteiger partial charge in [0, 0.05) is 31.8 Å². The summed E-state index contributed by atoms with van der Waals surface area (Å²) in [5.41, 5.74) is 2.30. The monoisotopic (exact) mass is 319 g/mol. The van der Waals surface area contributed by atoms with Gasteiger partial charge in [-0.3, -0.25) is 4.79 Å². The summed E-state index contributed by atoms with van der Waals surface area (Å²) >= 11 is 0. The fourth-order valence-corrected chi connectivity index (χ4v) is 2.80. The van der Waals surface area contributed by atoms with E-state index in [4.69, 9.17) is 0 Å². The standard InChI is InChI=1S/C20H21N3O/c1-23-13-12-21-19(23)15-22-20(24)14-18(16-8-4-2-5-9-16)17-10-6-3-7-11-17/h2-13,18H,14-15H2,1H3,(H,22,24). The van der Waals surface area contributed by atoms with E-state index in [1.54, 1.807) is 6.20 Å². The smallest absolute Gasteiger partial charge is 0.221 e. The minimum absolute atomic E-state index is 0.0238. The molecule has 0 bridgehead atoms. The van der Waals surface area contributed by atoms with Gasteiger partial charge in [0.05, 0.1) is 6.54 Å². The average Bonchev–Trinajstić information content (AvgIpc) is 3.04. The first-order valence-electron chi connectivity index (χ1n) is 8.07. The first kappa shape index (κ1) is 16.0. The van der Waals surface area contributed by atoms with Crippen LogP contribution in [0.1, 0.15) is 29.3 Å². The van der Waals surface area contributed by atoms with Crippen LogP contribution in [0.5, 0.6) is 0 Å². The summed E-state index contributed by atoms with van der Waals surface area (Å²) in [4.78, 5) is 16.7. The number of carbonyl (C=O) groups excluding carboxylic acids is 1. The zero-order valence-electron chi connectivity index (χ0n) is 13.7. The molecule has 2 aromatic carbocycles. The minimum atomic E-state index is 0.0238. The SMILES string of the molecule is Cn1ccnc1CNC(=O)CC(c1ccccc1)c1ccccc1. The number of hydrogen-bond donors (Lipinski definition) is 1. The molecule has 1 heterocycles. The van der Waals surface area contributed by atoms with Crippen LogP contribution >= 0.6 is 0 Å². The molecule has 3 rings (SSSR count). The fourth-order valence-electron chi connectivity index (χ4n) is 2.80. The average molecular weight is 319 g/mol. The molecule has 0 unspecified atom stereocenters. The minimum Gasteiger partial charge on any atom is -0.349 e. The lowest BCUT2D eigenvalue weighted by molar-refractivity contribution is -0.121. The first-order valence-corrected chi connectivity index (χ1v) is 8.07. The number of carbonyl (C=O) groups is 1. The second kappa shape index (κ2) is 7.59. The molecule has 1 aromatic heterocycles. The van der Waals surface area contributed by atoms with Gasteiger partial charge in [-0.1, -0.05) is 60.7 Å². The summed E-state index contributed by atoms with van der Waals surface area (Å²) in [6.45, 7) is 0.443. The molecule has 122 valence electrons. The van der Waals surface area contributed by atoms with Gasteiger partial charge in [0.1, 0.15) is 5.82 Å². The Morgan fingerprint density at radius 1 is 1.04 bits per heavy atom. The maximum atomic E-state index is 12.5. The number of rotatable bonds is 6. The van der Waals surface area contributed by atoms with E-state index in [1.165, 1.54) is 0 Å². The molecule has 1 N–H and O–H groups in total. The number of benzene rings is 2. The molecule has 1 amide bonds. The number of hydrogen-bond acceptors (Lipinski definition) is 2. The Bertz CT molecular complexity index is 741. The molecule has 3 aromatic rings. The van der Waals surface area contributed by atoms with Gasteiger partial charge in [0.2, 0.25) is 5.91 Å². The van der Waals surface area contributed by atoms with Crippen molar-refractivity contribution in [3.05, 3.63) is 90.0 Å². The van der Waals surface area contributed by atoms with Crippen molar-refractivity contribution >= 4 is 5.91 Å². The molecule has 0 aliphatic carbocycles. The Morgan fingerprint density at radius 2 is 1.62 bits per heavy atom. The van der Waals surface area contributed by atoms with E-state index in [2.05, 4.69) is 34.6 Å². The maximum Gasteiger partial charge on any atom is 0.221 e. The molecule has 4 heteroatoms. The highest BCUT2D eigenvalue weighted by atomic mass is 16.1. The lowest BCUT2D eigenvalue weighted by atomic mass is 9.88. The van der Waals surface area contributed by atoms with Crippen LogP contribution in [0, 0.1) is 0 Å². The molecule has 0 spiro atoms. The van der Waals surface area contributed by atoms with E-state index >= 15 is 0 Å². The van der Waals surface area contributed by atoms with Gasteiger partial charge in [-0.05, 0) is 11.1 Å². The van der Waals surface area contributed by atoms with Gasteiger partial charge < -0.3 is 9.88 Å². The summed E-state index contributed by atoms with van der Waals surface area (Å²) in [6.07, 6.45) is 4.02. The van der Waals surface area contributed by atoms with Crippen LogP contribution in [-0.2, 0) is 18.4 Å². The van der Waals surface area contributed by atoms with E-state index in [0.29, 0.717) is 13.0 Å². The van der Waals surface area contributed by atoms with Crippen molar-refractivity contribution in [1.29, 1.82) is 0 Å². The van der Waals surface area contributed by atoms with Crippen LogP contribution in [-0.4, -0.2) is 15.5 Å². The molecular formula is C20H21N3O. The van der Waals surface area contributed by atoms with E-state index in [1.807, 2.05) is 54.2 Å². The summed E-state index contributed by atoms with van der Waals surface area (Å²) in [5.74, 6) is 0.920. The van der Waals surface area contributed by atoms with Crippen LogP contribution in [0.2, 0.25) is 0 Å². The highest BCUT2D eigenvalue weighted by Crippen LogP contribution is 2.27. The summed E-state index contributed by atoms with van der Waals surface area (Å²) in [5, 5.41) is 2.97. The number of aromatic nitrogens is 2. The van der Waals surface area contributed by atoms with E-state index in [-0.39, 0.29) is 11.8 Å². The van der Waals surface area contributed by atoms with E-state index < -0.39 is 0 Å². The van der Waals surface area contributed by atoms with Crippen molar-refractivity contribution in [1.82, 2.24) is 14.9 Å². The highest BCUT2D eigenvalue weighted by molar-refractivity contribution is 5.77. The molecule has 4 nitrogen and oxygen atoms in total. The van der Waals surface area contributed by atoms with Gasteiger partial charge >= 0.3 is 0 Å². The zero-order chi connectivity index (χ0) is 16.8. The lowest BCUT2D eigenvalue weighted by Crippen LogP contribution is -2.26. The second-order valence-electron chi connectivity index (χ2n) is 5.81. The third-order valence-electron chi connectivity index (χ3n) is 4.16. The number of nitrogens with one attached hydrogen (secondary N) is 1. The van der Waals surface area contributed by atoms with Gasteiger partial charge in [-0.2, -0.15) is 0 Å². The van der Waals surface area contributed by atoms with Crippen molar-refractivity contribution in [3.8, 4) is 0 Å². The molecule has 0 fully saturated rings. The Kier molecular flexibility index (Phi) is 5.06. The zero-order valence-corrected chi connectivity index (χ0v) is 13.7. The van der Waals surface area contributed by atoms with E-state index in [9.17, 15) is 4.79 Å². The molecule has 0 atom stereocenters. The molecule has 24 heavy (non-hydrogen) atoms. The topological polar surface area (TPSA) is 46.9 Å². The van der Waals surface area contributed by atoms with Crippen LogP contribution < -0.4 is 5.32 Å². The molecule has 0 radical (unpaired) electrons. The van der Waals surface area contributed by atoms with Gasteiger partial charge in [-0.25, -0.2) is 4.98 Å². The number of nitrogens with zero attached hydrogens (tertiary/aromatic N) is 2. The maximum absolute atomic E-state index is 12.5. The van der Waals surface area contributed by atoms with Crippen molar-refractivity contribution in [2.24, 2.45) is 7.05 Å². The first-order chi connectivity index (χ1) is 11.7. The Hall–Kier alpha value is -2.88. The number of imidazole rings is 1. The van der Waals surface area contributed by atoms with Crippen LogP contribution in [0.3, 0.4) is 0 Å². The summed E-state index contributed by atoms with van der Waals surface area (Å²) in [7, 11) is 1.92. The predicted molar refractivity (Wildman–Crippen MR) is 94.4 cm³/mol. The van der Waals surface area contributed by atoms with Gasteiger partial charge in [0.15, 0.2) is 0 Å². The molecule has 0 saturated heterocycles. The fraction of sp³-hybridized carbons (Fsp3) is 0.200. The largest absolute Gasteiger partial charge is 0.349 e.